The van der Waals surface area contributed by atoms with Crippen molar-refractivity contribution in [1.29, 1.82) is 0 Å². The molecule has 1 aliphatic rings. The van der Waals surface area contributed by atoms with Gasteiger partial charge in [-0.1, -0.05) is 6.42 Å². The highest BCUT2D eigenvalue weighted by Crippen LogP contribution is 2.25. The molecule has 1 aromatic rings. The molecule has 1 saturated carbocycles. The molecule has 0 unspecified atom stereocenters. The van der Waals surface area contributed by atoms with E-state index in [1.54, 1.807) is 6.07 Å². The fourth-order valence-electron chi connectivity index (χ4n) is 1.96. The van der Waals surface area contributed by atoms with Gasteiger partial charge in [0.15, 0.2) is 0 Å². The number of sulfonamides is 1. The van der Waals surface area contributed by atoms with Crippen molar-refractivity contribution >= 4 is 10.0 Å². The van der Waals surface area contributed by atoms with Gasteiger partial charge in [-0.3, -0.25) is 0 Å². The second-order valence-corrected chi connectivity index (χ2v) is 6.32. The van der Waals surface area contributed by atoms with Crippen LogP contribution < -0.4 is 9.46 Å². The third kappa shape index (κ3) is 3.26. The Hall–Kier alpha value is -1.11. The molecule has 1 aliphatic carbocycles. The number of hydrogen-bond donors (Lipinski definition) is 2. The van der Waals surface area contributed by atoms with Crippen molar-refractivity contribution < 1.29 is 18.3 Å². The van der Waals surface area contributed by atoms with Crippen LogP contribution in [0.3, 0.4) is 0 Å². The van der Waals surface area contributed by atoms with Crippen molar-refractivity contribution in [3.8, 4) is 5.75 Å². The topological polar surface area (TPSA) is 75.6 Å². The Labute approximate surface area is 113 Å². The quantitative estimate of drug-likeness (QED) is 0.828. The van der Waals surface area contributed by atoms with Gasteiger partial charge in [-0.25, -0.2) is 13.1 Å². The predicted octanol–water partition coefficient (Wildman–Crippen LogP) is 1.41. The molecule has 0 amide bonds. The molecule has 1 fully saturated rings. The zero-order chi connectivity index (χ0) is 13.9. The average Bonchev–Trinajstić information content (AvgIpc) is 2.35. The van der Waals surface area contributed by atoms with Gasteiger partial charge in [0.2, 0.25) is 10.0 Å². The van der Waals surface area contributed by atoms with Crippen LogP contribution in [0.4, 0.5) is 0 Å². The maximum absolute atomic E-state index is 12.1. The van der Waals surface area contributed by atoms with Crippen molar-refractivity contribution in [3.05, 3.63) is 23.8 Å². The van der Waals surface area contributed by atoms with E-state index in [4.69, 9.17) is 4.74 Å². The summed E-state index contributed by atoms with van der Waals surface area (Å²) >= 11 is 0. The summed E-state index contributed by atoms with van der Waals surface area (Å²) in [6, 6.07) is 4.61. The predicted molar refractivity (Wildman–Crippen MR) is 71.5 cm³/mol. The molecule has 0 bridgehead atoms. The van der Waals surface area contributed by atoms with Crippen molar-refractivity contribution in [2.45, 2.75) is 43.7 Å². The number of nitrogens with one attached hydrogen (secondary N) is 1. The number of ether oxygens (including phenoxy) is 1. The highest BCUT2D eigenvalue weighted by atomic mass is 32.2. The Bertz CT molecular complexity index is 538. The van der Waals surface area contributed by atoms with Crippen molar-refractivity contribution in [3.63, 3.8) is 0 Å². The van der Waals surface area contributed by atoms with E-state index in [9.17, 15) is 13.5 Å². The van der Waals surface area contributed by atoms with Crippen LogP contribution in [-0.2, 0) is 16.6 Å². The van der Waals surface area contributed by atoms with Crippen LogP contribution in [0.1, 0.15) is 31.7 Å². The van der Waals surface area contributed by atoms with Crippen LogP contribution in [0.15, 0.2) is 23.1 Å². The molecule has 0 aliphatic heterocycles. The van der Waals surface area contributed by atoms with E-state index in [-0.39, 0.29) is 17.5 Å². The molecule has 6 heteroatoms. The fourth-order valence-corrected chi connectivity index (χ4v) is 3.31. The summed E-state index contributed by atoms with van der Waals surface area (Å²) in [5.74, 6) is 0.521. The molecular formula is C13H19NO4S. The van der Waals surface area contributed by atoms with Gasteiger partial charge in [0, 0.05) is 11.6 Å². The lowest BCUT2D eigenvalue weighted by Gasteiger charge is -2.26. The number of aliphatic hydroxyl groups is 1. The summed E-state index contributed by atoms with van der Waals surface area (Å²) in [6.07, 6.45) is 2.85. The molecule has 0 radical (unpaired) electrons. The second-order valence-electron chi connectivity index (χ2n) is 4.61. The molecule has 2 rings (SSSR count). The second kappa shape index (κ2) is 5.90. The van der Waals surface area contributed by atoms with Gasteiger partial charge >= 0.3 is 0 Å². The van der Waals surface area contributed by atoms with E-state index in [0.29, 0.717) is 17.9 Å². The van der Waals surface area contributed by atoms with Gasteiger partial charge in [-0.15, -0.1) is 0 Å². The Morgan fingerprint density at radius 2 is 2.16 bits per heavy atom. The standard InChI is InChI=1S/C13H19NO4S/c1-2-18-13-7-6-12(8-10(13)9-15)19(16,17)14-11-4-3-5-11/h6-8,11,14-15H,2-5,9H2,1H3. The lowest BCUT2D eigenvalue weighted by molar-refractivity contribution is 0.266. The number of hydrogen-bond acceptors (Lipinski definition) is 4. The molecule has 2 N–H and O–H groups in total. The fraction of sp³-hybridized carbons (Fsp3) is 0.538. The highest BCUT2D eigenvalue weighted by Gasteiger charge is 2.25. The van der Waals surface area contributed by atoms with Gasteiger partial charge in [0.25, 0.3) is 0 Å². The summed E-state index contributed by atoms with van der Waals surface area (Å²) < 4.78 is 32.3. The van der Waals surface area contributed by atoms with Crippen LogP contribution in [0.5, 0.6) is 5.75 Å². The van der Waals surface area contributed by atoms with E-state index in [1.165, 1.54) is 12.1 Å². The molecule has 0 spiro atoms. The van der Waals surface area contributed by atoms with Gasteiger partial charge in [-0.05, 0) is 38.0 Å². The first-order valence-electron chi connectivity index (χ1n) is 6.45. The van der Waals surface area contributed by atoms with Crippen LogP contribution in [0.25, 0.3) is 0 Å². The summed E-state index contributed by atoms with van der Waals surface area (Å²) in [5.41, 5.74) is 0.485. The van der Waals surface area contributed by atoms with Crippen molar-refractivity contribution in [2.24, 2.45) is 0 Å². The van der Waals surface area contributed by atoms with Gasteiger partial charge in [0.1, 0.15) is 5.75 Å². The van der Waals surface area contributed by atoms with Crippen molar-refractivity contribution in [1.82, 2.24) is 4.72 Å². The van der Waals surface area contributed by atoms with Gasteiger partial charge in [0.05, 0.1) is 18.1 Å². The van der Waals surface area contributed by atoms with E-state index < -0.39 is 10.0 Å². The molecule has 19 heavy (non-hydrogen) atoms. The first kappa shape index (κ1) is 14.3. The van der Waals surface area contributed by atoms with Gasteiger partial charge < -0.3 is 9.84 Å². The third-order valence-corrected chi connectivity index (χ3v) is 4.76. The first-order chi connectivity index (χ1) is 9.06. The summed E-state index contributed by atoms with van der Waals surface area (Å²) in [6.45, 7) is 2.06. The van der Waals surface area contributed by atoms with Crippen LogP contribution >= 0.6 is 0 Å². The number of aliphatic hydroxyl groups excluding tert-OH is 1. The van der Waals surface area contributed by atoms with Gasteiger partial charge in [-0.2, -0.15) is 0 Å². The normalized spacial score (nSPS) is 16.1. The highest BCUT2D eigenvalue weighted by molar-refractivity contribution is 7.89. The molecule has 0 heterocycles. The lowest BCUT2D eigenvalue weighted by Crippen LogP contribution is -2.39. The molecule has 0 aromatic heterocycles. The smallest absolute Gasteiger partial charge is 0.240 e. The van der Waals surface area contributed by atoms with Crippen LogP contribution in [0.2, 0.25) is 0 Å². The minimum absolute atomic E-state index is 0.0501. The Balaban J connectivity index is 2.23. The zero-order valence-electron chi connectivity index (χ0n) is 10.9. The molecular weight excluding hydrogens is 266 g/mol. The first-order valence-corrected chi connectivity index (χ1v) is 7.94. The summed E-state index contributed by atoms with van der Waals surface area (Å²) in [5, 5.41) is 9.28. The van der Waals surface area contributed by atoms with E-state index in [2.05, 4.69) is 4.72 Å². The molecule has 5 nitrogen and oxygen atoms in total. The maximum Gasteiger partial charge on any atom is 0.240 e. The monoisotopic (exact) mass is 285 g/mol. The minimum atomic E-state index is -3.50. The SMILES string of the molecule is CCOc1ccc(S(=O)(=O)NC2CCC2)cc1CO. The molecule has 1 aromatic carbocycles. The van der Waals surface area contributed by atoms with E-state index in [0.717, 1.165) is 19.3 Å². The average molecular weight is 285 g/mol. The molecule has 0 saturated heterocycles. The molecule has 0 atom stereocenters. The third-order valence-electron chi connectivity index (χ3n) is 3.24. The van der Waals surface area contributed by atoms with E-state index in [1.807, 2.05) is 6.92 Å². The summed E-state index contributed by atoms with van der Waals surface area (Å²) in [7, 11) is -3.50. The Morgan fingerprint density at radius 1 is 1.42 bits per heavy atom. The van der Waals surface area contributed by atoms with Crippen molar-refractivity contribution in [2.75, 3.05) is 6.61 Å². The Morgan fingerprint density at radius 3 is 2.68 bits per heavy atom. The zero-order valence-corrected chi connectivity index (χ0v) is 11.7. The number of rotatable bonds is 6. The number of benzene rings is 1. The summed E-state index contributed by atoms with van der Waals surface area (Å²) in [4.78, 5) is 0.173. The Kier molecular flexibility index (Phi) is 4.44. The minimum Gasteiger partial charge on any atom is -0.494 e. The molecule has 106 valence electrons. The maximum atomic E-state index is 12.1. The van der Waals surface area contributed by atoms with E-state index >= 15 is 0 Å². The van der Waals surface area contributed by atoms with Crippen LogP contribution in [0, 0.1) is 0 Å². The largest absolute Gasteiger partial charge is 0.494 e. The van der Waals surface area contributed by atoms with Crippen LogP contribution in [-0.4, -0.2) is 26.2 Å². The lowest BCUT2D eigenvalue weighted by atomic mass is 9.94.